The van der Waals surface area contributed by atoms with E-state index < -0.39 is 0 Å². The highest BCUT2D eigenvalue weighted by Gasteiger charge is 2.31. The van der Waals surface area contributed by atoms with Gasteiger partial charge in [0.2, 0.25) is 5.91 Å². The van der Waals surface area contributed by atoms with Gasteiger partial charge in [0.1, 0.15) is 12.4 Å². The lowest BCUT2D eigenvalue weighted by atomic mass is 10.1. The SMILES string of the molecule is COCCOc1ccccc1C(=O)N1CCN(C2CCCCNC2=O)CC1. The molecule has 1 aromatic rings. The Balaban J connectivity index is 1.59. The molecule has 2 fully saturated rings. The molecule has 7 nitrogen and oxygen atoms in total. The van der Waals surface area contributed by atoms with Crippen molar-refractivity contribution in [1.29, 1.82) is 0 Å². The quantitative estimate of drug-likeness (QED) is 0.755. The predicted octanol–water partition coefficient (Wildman–Crippen LogP) is 1.14. The summed E-state index contributed by atoms with van der Waals surface area (Å²) in [7, 11) is 1.62. The van der Waals surface area contributed by atoms with Gasteiger partial charge in [-0.15, -0.1) is 0 Å². The van der Waals surface area contributed by atoms with Crippen molar-refractivity contribution in [2.45, 2.75) is 25.3 Å². The maximum Gasteiger partial charge on any atom is 0.257 e. The molecule has 1 unspecified atom stereocenters. The number of benzene rings is 1. The largest absolute Gasteiger partial charge is 0.490 e. The van der Waals surface area contributed by atoms with E-state index in [0.29, 0.717) is 37.6 Å². The first kappa shape index (κ1) is 19.6. The smallest absolute Gasteiger partial charge is 0.257 e. The highest BCUT2D eigenvalue weighted by molar-refractivity contribution is 5.97. The van der Waals surface area contributed by atoms with E-state index in [9.17, 15) is 9.59 Å². The van der Waals surface area contributed by atoms with Crippen LogP contribution in [0.15, 0.2) is 24.3 Å². The van der Waals surface area contributed by atoms with E-state index in [2.05, 4.69) is 10.2 Å². The summed E-state index contributed by atoms with van der Waals surface area (Å²) in [5.41, 5.74) is 0.578. The van der Waals surface area contributed by atoms with E-state index in [4.69, 9.17) is 9.47 Å². The molecule has 7 heteroatoms. The number of para-hydroxylation sites is 1. The first-order chi connectivity index (χ1) is 13.2. The van der Waals surface area contributed by atoms with Crippen LogP contribution in [0.1, 0.15) is 29.6 Å². The number of carbonyl (C=O) groups excluding carboxylic acids is 2. The molecule has 1 aromatic carbocycles. The van der Waals surface area contributed by atoms with Crippen molar-refractivity contribution in [3.8, 4) is 5.75 Å². The number of hydrogen-bond donors (Lipinski definition) is 1. The second kappa shape index (κ2) is 9.71. The van der Waals surface area contributed by atoms with Crippen LogP contribution in [0.3, 0.4) is 0 Å². The number of carbonyl (C=O) groups is 2. The van der Waals surface area contributed by atoms with E-state index >= 15 is 0 Å². The molecule has 0 aliphatic carbocycles. The Hall–Kier alpha value is -2.12. The van der Waals surface area contributed by atoms with E-state index in [0.717, 1.165) is 38.9 Å². The Morgan fingerprint density at radius 3 is 2.70 bits per heavy atom. The van der Waals surface area contributed by atoms with Crippen LogP contribution in [0.25, 0.3) is 0 Å². The molecule has 2 saturated heterocycles. The van der Waals surface area contributed by atoms with Gasteiger partial charge in [0, 0.05) is 39.8 Å². The lowest BCUT2D eigenvalue weighted by Gasteiger charge is -2.38. The van der Waals surface area contributed by atoms with Gasteiger partial charge in [-0.3, -0.25) is 14.5 Å². The molecular weight excluding hydrogens is 346 g/mol. The number of rotatable bonds is 6. The van der Waals surface area contributed by atoms with Gasteiger partial charge in [-0.05, 0) is 31.4 Å². The summed E-state index contributed by atoms with van der Waals surface area (Å²) in [6.07, 6.45) is 3.01. The minimum absolute atomic E-state index is 0.0204. The maximum absolute atomic E-state index is 13.0. The summed E-state index contributed by atoms with van der Waals surface area (Å²) in [6.45, 7) is 4.33. The monoisotopic (exact) mass is 375 g/mol. The third-order valence-corrected chi connectivity index (χ3v) is 5.21. The van der Waals surface area contributed by atoms with Crippen molar-refractivity contribution in [1.82, 2.24) is 15.1 Å². The first-order valence-corrected chi connectivity index (χ1v) is 9.72. The van der Waals surface area contributed by atoms with Crippen LogP contribution in [-0.2, 0) is 9.53 Å². The molecule has 2 aliphatic heterocycles. The highest BCUT2D eigenvalue weighted by Crippen LogP contribution is 2.22. The molecular formula is C20H29N3O4. The van der Waals surface area contributed by atoms with Crippen molar-refractivity contribution < 1.29 is 19.1 Å². The van der Waals surface area contributed by atoms with Crippen LogP contribution in [0, 0.1) is 0 Å². The van der Waals surface area contributed by atoms with Gasteiger partial charge in [-0.1, -0.05) is 12.1 Å². The molecule has 27 heavy (non-hydrogen) atoms. The second-order valence-electron chi connectivity index (χ2n) is 6.97. The van der Waals surface area contributed by atoms with Crippen LogP contribution < -0.4 is 10.1 Å². The van der Waals surface area contributed by atoms with Crippen molar-refractivity contribution in [2.24, 2.45) is 0 Å². The Morgan fingerprint density at radius 1 is 1.15 bits per heavy atom. The normalized spacial score (nSPS) is 21.4. The number of nitrogens with one attached hydrogen (secondary N) is 1. The van der Waals surface area contributed by atoms with Gasteiger partial charge in [-0.2, -0.15) is 0 Å². The predicted molar refractivity (Wildman–Crippen MR) is 102 cm³/mol. The molecule has 0 radical (unpaired) electrons. The van der Waals surface area contributed by atoms with Crippen LogP contribution in [0.5, 0.6) is 5.75 Å². The minimum atomic E-state index is -0.0607. The zero-order chi connectivity index (χ0) is 19.1. The molecule has 2 heterocycles. The molecule has 1 N–H and O–H groups in total. The number of piperazine rings is 1. The molecule has 0 bridgehead atoms. The van der Waals surface area contributed by atoms with Gasteiger partial charge >= 0.3 is 0 Å². The van der Waals surface area contributed by atoms with Gasteiger partial charge in [-0.25, -0.2) is 0 Å². The standard InChI is InChI=1S/C20H29N3O4/c1-26-14-15-27-18-8-3-2-6-16(18)20(25)23-12-10-22(11-13-23)17-7-4-5-9-21-19(17)24/h2-3,6,8,17H,4-5,7,9-15H2,1H3,(H,21,24). The first-order valence-electron chi connectivity index (χ1n) is 9.72. The van der Waals surface area contributed by atoms with E-state index in [1.54, 1.807) is 13.2 Å². The number of hydrogen-bond acceptors (Lipinski definition) is 5. The maximum atomic E-state index is 13.0. The molecule has 2 aliphatic rings. The summed E-state index contributed by atoms with van der Waals surface area (Å²) < 4.78 is 10.7. The van der Waals surface area contributed by atoms with E-state index in [-0.39, 0.29) is 17.9 Å². The molecule has 0 aromatic heterocycles. The molecule has 2 amide bonds. The summed E-state index contributed by atoms with van der Waals surface area (Å²) in [5.74, 6) is 0.697. The van der Waals surface area contributed by atoms with Crippen molar-refractivity contribution in [3.05, 3.63) is 29.8 Å². The summed E-state index contributed by atoms with van der Waals surface area (Å²) >= 11 is 0. The second-order valence-corrected chi connectivity index (χ2v) is 6.97. The summed E-state index contributed by atoms with van der Waals surface area (Å²) in [4.78, 5) is 29.3. The van der Waals surface area contributed by atoms with Crippen molar-refractivity contribution >= 4 is 11.8 Å². The number of amides is 2. The lowest BCUT2D eigenvalue weighted by Crippen LogP contribution is -2.55. The Labute approximate surface area is 160 Å². The Morgan fingerprint density at radius 2 is 1.93 bits per heavy atom. The van der Waals surface area contributed by atoms with E-state index in [1.807, 2.05) is 23.1 Å². The third-order valence-electron chi connectivity index (χ3n) is 5.21. The minimum Gasteiger partial charge on any atom is -0.490 e. The van der Waals surface area contributed by atoms with Gasteiger partial charge in [0.05, 0.1) is 18.2 Å². The van der Waals surface area contributed by atoms with E-state index in [1.165, 1.54) is 0 Å². The average molecular weight is 375 g/mol. The highest BCUT2D eigenvalue weighted by atomic mass is 16.5. The summed E-state index contributed by atoms with van der Waals surface area (Å²) in [5, 5.41) is 3.00. The molecule has 3 rings (SSSR count). The van der Waals surface area contributed by atoms with Crippen LogP contribution >= 0.6 is 0 Å². The average Bonchev–Trinajstić information content (AvgIpc) is 2.92. The number of ether oxygens (including phenoxy) is 2. The topological polar surface area (TPSA) is 71.1 Å². The van der Waals surface area contributed by atoms with Crippen LogP contribution in [-0.4, -0.2) is 80.7 Å². The lowest BCUT2D eigenvalue weighted by molar-refractivity contribution is -0.126. The zero-order valence-electron chi connectivity index (χ0n) is 16.0. The van der Waals surface area contributed by atoms with Gasteiger partial charge in [0.15, 0.2) is 0 Å². The molecule has 1 atom stereocenters. The Bertz CT molecular complexity index is 644. The Kier molecular flexibility index (Phi) is 7.06. The van der Waals surface area contributed by atoms with Crippen LogP contribution in [0.4, 0.5) is 0 Å². The van der Waals surface area contributed by atoms with Crippen LogP contribution in [0.2, 0.25) is 0 Å². The zero-order valence-corrected chi connectivity index (χ0v) is 16.0. The number of methoxy groups -OCH3 is 1. The molecule has 0 saturated carbocycles. The van der Waals surface area contributed by atoms with Gasteiger partial charge < -0.3 is 19.7 Å². The summed E-state index contributed by atoms with van der Waals surface area (Å²) in [6, 6.07) is 7.27. The molecule has 148 valence electrons. The van der Waals surface area contributed by atoms with Gasteiger partial charge in [0.25, 0.3) is 5.91 Å². The molecule has 0 spiro atoms. The fourth-order valence-electron chi connectivity index (χ4n) is 3.68. The number of nitrogens with zero attached hydrogens (tertiary/aromatic N) is 2. The van der Waals surface area contributed by atoms with Crippen molar-refractivity contribution in [3.63, 3.8) is 0 Å². The fourth-order valence-corrected chi connectivity index (χ4v) is 3.68. The fraction of sp³-hybridized carbons (Fsp3) is 0.600. The third kappa shape index (κ3) is 4.99. The van der Waals surface area contributed by atoms with Crippen molar-refractivity contribution in [2.75, 3.05) is 53.0 Å².